The molecule has 0 amide bonds. The first-order valence-electron chi connectivity index (χ1n) is 5.94. The van der Waals surface area contributed by atoms with E-state index in [-0.39, 0.29) is 5.82 Å². The Morgan fingerprint density at radius 3 is 2.75 bits per heavy atom. The normalized spacial score (nSPS) is 18.8. The molecule has 0 saturated carbocycles. The van der Waals surface area contributed by atoms with E-state index in [0.29, 0.717) is 5.92 Å². The highest BCUT2D eigenvalue weighted by Crippen LogP contribution is 2.30. The van der Waals surface area contributed by atoms with Crippen molar-refractivity contribution in [3.05, 3.63) is 41.7 Å². The van der Waals surface area contributed by atoms with Crippen molar-refractivity contribution in [2.45, 2.75) is 19.8 Å². The molecule has 86 valence electrons. The van der Waals surface area contributed by atoms with Gasteiger partial charge in [-0.2, -0.15) is 0 Å². The number of benzene rings is 1. The molecule has 0 radical (unpaired) electrons. The van der Waals surface area contributed by atoms with Crippen molar-refractivity contribution in [3.8, 4) is 0 Å². The van der Waals surface area contributed by atoms with Crippen molar-refractivity contribution in [1.82, 2.24) is 5.32 Å². The van der Waals surface area contributed by atoms with Crippen LogP contribution < -0.4 is 5.32 Å². The van der Waals surface area contributed by atoms with Gasteiger partial charge in [0.25, 0.3) is 0 Å². The maximum absolute atomic E-state index is 13.2. The molecule has 1 fully saturated rings. The summed E-state index contributed by atoms with van der Waals surface area (Å²) in [5.41, 5.74) is 2.33. The summed E-state index contributed by atoms with van der Waals surface area (Å²) in [7, 11) is 0. The summed E-state index contributed by atoms with van der Waals surface area (Å²) in [5.74, 6) is 0.429. The molecule has 1 saturated heterocycles. The fourth-order valence-electron chi connectivity index (χ4n) is 2.44. The van der Waals surface area contributed by atoms with Gasteiger partial charge in [-0.15, -0.1) is 0 Å². The SMILES string of the molecule is CC=C(c1cccc(F)c1)C1CCNCC1. The van der Waals surface area contributed by atoms with Crippen LogP contribution in [0.15, 0.2) is 30.3 Å². The minimum atomic E-state index is -0.147. The summed E-state index contributed by atoms with van der Waals surface area (Å²) >= 11 is 0. The Labute approximate surface area is 96.4 Å². The first-order valence-corrected chi connectivity index (χ1v) is 5.94. The monoisotopic (exact) mass is 219 g/mol. The molecule has 1 aromatic carbocycles. The number of rotatable bonds is 2. The zero-order chi connectivity index (χ0) is 11.4. The van der Waals surface area contributed by atoms with Crippen LogP contribution in [0.1, 0.15) is 25.3 Å². The van der Waals surface area contributed by atoms with Crippen molar-refractivity contribution >= 4 is 5.57 Å². The number of hydrogen-bond acceptors (Lipinski definition) is 1. The van der Waals surface area contributed by atoms with E-state index in [1.807, 2.05) is 13.0 Å². The number of allylic oxidation sites excluding steroid dienone is 2. The molecule has 1 aliphatic rings. The molecule has 2 rings (SSSR count). The lowest BCUT2D eigenvalue weighted by Crippen LogP contribution is -2.28. The average Bonchev–Trinajstić information content (AvgIpc) is 2.31. The molecule has 1 aromatic rings. The summed E-state index contributed by atoms with van der Waals surface area (Å²) in [6.45, 7) is 4.18. The molecule has 0 unspecified atom stereocenters. The van der Waals surface area contributed by atoms with E-state index in [1.54, 1.807) is 12.1 Å². The topological polar surface area (TPSA) is 12.0 Å². The summed E-state index contributed by atoms with van der Waals surface area (Å²) in [6.07, 6.45) is 4.43. The van der Waals surface area contributed by atoms with Gasteiger partial charge < -0.3 is 5.32 Å². The zero-order valence-electron chi connectivity index (χ0n) is 9.67. The van der Waals surface area contributed by atoms with Crippen LogP contribution in [0.2, 0.25) is 0 Å². The van der Waals surface area contributed by atoms with Gasteiger partial charge in [0.15, 0.2) is 0 Å². The molecule has 0 spiro atoms. The van der Waals surface area contributed by atoms with Gasteiger partial charge in [0.2, 0.25) is 0 Å². The lowest BCUT2D eigenvalue weighted by Gasteiger charge is -2.25. The molecule has 1 nitrogen and oxygen atoms in total. The van der Waals surface area contributed by atoms with Crippen LogP contribution in [0.4, 0.5) is 4.39 Å². The second-order valence-electron chi connectivity index (χ2n) is 4.28. The van der Waals surface area contributed by atoms with Crippen molar-refractivity contribution < 1.29 is 4.39 Å². The van der Waals surface area contributed by atoms with E-state index in [1.165, 1.54) is 11.6 Å². The first-order chi connectivity index (χ1) is 7.81. The molecular weight excluding hydrogens is 201 g/mol. The Kier molecular flexibility index (Phi) is 3.73. The number of piperidine rings is 1. The van der Waals surface area contributed by atoms with Crippen LogP contribution in [-0.2, 0) is 0 Å². The Morgan fingerprint density at radius 2 is 2.12 bits per heavy atom. The molecule has 0 atom stereocenters. The summed E-state index contributed by atoms with van der Waals surface area (Å²) in [4.78, 5) is 0. The predicted molar refractivity (Wildman–Crippen MR) is 65.6 cm³/mol. The second kappa shape index (κ2) is 5.26. The Hall–Kier alpha value is -1.15. The van der Waals surface area contributed by atoms with Crippen LogP contribution in [0.3, 0.4) is 0 Å². The van der Waals surface area contributed by atoms with Gasteiger partial charge in [0.05, 0.1) is 0 Å². The highest BCUT2D eigenvalue weighted by molar-refractivity contribution is 5.67. The number of hydrogen-bond donors (Lipinski definition) is 1. The minimum Gasteiger partial charge on any atom is -0.317 e. The molecule has 1 heterocycles. The molecular formula is C14H18FN. The minimum absolute atomic E-state index is 0.147. The van der Waals surface area contributed by atoms with Gasteiger partial charge in [-0.05, 0) is 62.0 Å². The van der Waals surface area contributed by atoms with E-state index in [2.05, 4.69) is 11.4 Å². The molecule has 16 heavy (non-hydrogen) atoms. The number of nitrogens with one attached hydrogen (secondary N) is 1. The van der Waals surface area contributed by atoms with E-state index in [4.69, 9.17) is 0 Å². The molecule has 0 aliphatic carbocycles. The van der Waals surface area contributed by atoms with Crippen LogP contribution in [0, 0.1) is 11.7 Å². The Balaban J connectivity index is 2.22. The van der Waals surface area contributed by atoms with E-state index in [0.717, 1.165) is 31.5 Å². The summed E-state index contributed by atoms with van der Waals surface area (Å²) in [5, 5.41) is 3.36. The predicted octanol–water partition coefficient (Wildman–Crippen LogP) is 3.23. The van der Waals surface area contributed by atoms with Crippen molar-refractivity contribution in [3.63, 3.8) is 0 Å². The second-order valence-corrected chi connectivity index (χ2v) is 4.28. The van der Waals surface area contributed by atoms with Crippen molar-refractivity contribution in [2.75, 3.05) is 13.1 Å². The van der Waals surface area contributed by atoms with Gasteiger partial charge in [0.1, 0.15) is 5.82 Å². The van der Waals surface area contributed by atoms with Gasteiger partial charge in [-0.1, -0.05) is 18.2 Å². The molecule has 1 N–H and O–H groups in total. The summed E-state index contributed by atoms with van der Waals surface area (Å²) < 4.78 is 13.2. The van der Waals surface area contributed by atoms with E-state index >= 15 is 0 Å². The first kappa shape index (κ1) is 11.3. The third kappa shape index (κ3) is 2.50. The van der Waals surface area contributed by atoms with Crippen LogP contribution in [0.25, 0.3) is 5.57 Å². The average molecular weight is 219 g/mol. The van der Waals surface area contributed by atoms with Crippen LogP contribution in [-0.4, -0.2) is 13.1 Å². The fraction of sp³-hybridized carbons (Fsp3) is 0.429. The fourth-order valence-corrected chi connectivity index (χ4v) is 2.44. The quantitative estimate of drug-likeness (QED) is 0.805. The summed E-state index contributed by atoms with van der Waals surface area (Å²) in [6, 6.07) is 6.92. The van der Waals surface area contributed by atoms with Crippen LogP contribution >= 0.6 is 0 Å². The molecule has 1 aliphatic heterocycles. The lowest BCUT2D eigenvalue weighted by atomic mass is 9.85. The molecule has 2 heteroatoms. The molecule has 0 bridgehead atoms. The standard InChI is InChI=1S/C14H18FN/c1-2-14(11-6-8-16-9-7-11)12-4-3-5-13(15)10-12/h2-5,10-11,16H,6-9H2,1H3. The van der Waals surface area contributed by atoms with Crippen molar-refractivity contribution in [1.29, 1.82) is 0 Å². The van der Waals surface area contributed by atoms with Gasteiger partial charge in [-0.25, -0.2) is 4.39 Å². The largest absolute Gasteiger partial charge is 0.317 e. The molecule has 0 aromatic heterocycles. The van der Waals surface area contributed by atoms with Gasteiger partial charge in [-0.3, -0.25) is 0 Å². The maximum Gasteiger partial charge on any atom is 0.123 e. The van der Waals surface area contributed by atoms with E-state index < -0.39 is 0 Å². The smallest absolute Gasteiger partial charge is 0.123 e. The third-order valence-electron chi connectivity index (χ3n) is 3.25. The maximum atomic E-state index is 13.2. The van der Waals surface area contributed by atoms with Gasteiger partial charge in [0, 0.05) is 0 Å². The van der Waals surface area contributed by atoms with E-state index in [9.17, 15) is 4.39 Å². The third-order valence-corrected chi connectivity index (χ3v) is 3.25. The van der Waals surface area contributed by atoms with Gasteiger partial charge >= 0.3 is 0 Å². The van der Waals surface area contributed by atoms with Crippen molar-refractivity contribution in [2.24, 2.45) is 5.92 Å². The van der Waals surface area contributed by atoms with Crippen LogP contribution in [0.5, 0.6) is 0 Å². The number of halogens is 1. The highest BCUT2D eigenvalue weighted by Gasteiger charge is 2.18. The zero-order valence-corrected chi connectivity index (χ0v) is 9.67. The highest BCUT2D eigenvalue weighted by atomic mass is 19.1. The Morgan fingerprint density at radius 1 is 1.38 bits per heavy atom. The Bertz CT molecular complexity index is 378. The lowest BCUT2D eigenvalue weighted by molar-refractivity contribution is 0.446.